The first-order valence-corrected chi connectivity index (χ1v) is 9.02. The molecule has 0 saturated carbocycles. The van der Waals surface area contributed by atoms with Crippen LogP contribution in [-0.2, 0) is 11.3 Å². The number of nitrogens with zero attached hydrogens (tertiary/aromatic N) is 2. The molecule has 25 heavy (non-hydrogen) atoms. The van der Waals surface area contributed by atoms with Gasteiger partial charge in [0.15, 0.2) is 0 Å². The summed E-state index contributed by atoms with van der Waals surface area (Å²) in [6.45, 7) is 5.48. The maximum absolute atomic E-state index is 12.7. The Kier molecular flexibility index (Phi) is 5.84. The maximum atomic E-state index is 12.7. The molecule has 0 radical (unpaired) electrons. The Hall–Kier alpha value is -2.17. The highest BCUT2D eigenvalue weighted by Crippen LogP contribution is 2.26. The first-order chi connectivity index (χ1) is 12.2. The van der Waals surface area contributed by atoms with E-state index in [-0.39, 0.29) is 11.9 Å². The molecular formula is C21H27N3O. The summed E-state index contributed by atoms with van der Waals surface area (Å²) >= 11 is 0. The van der Waals surface area contributed by atoms with Gasteiger partial charge >= 0.3 is 0 Å². The summed E-state index contributed by atoms with van der Waals surface area (Å²) in [7, 11) is 0. The molecule has 1 aliphatic rings. The van der Waals surface area contributed by atoms with E-state index < -0.39 is 0 Å². The van der Waals surface area contributed by atoms with Crippen LogP contribution in [0, 0.1) is 0 Å². The molecule has 2 atom stereocenters. The van der Waals surface area contributed by atoms with E-state index in [1.54, 1.807) is 0 Å². The van der Waals surface area contributed by atoms with Gasteiger partial charge in [-0.3, -0.25) is 9.69 Å². The Morgan fingerprint density at radius 1 is 1.08 bits per heavy atom. The molecule has 0 aliphatic carbocycles. The average molecular weight is 337 g/mol. The molecule has 1 fully saturated rings. The van der Waals surface area contributed by atoms with Crippen LogP contribution in [0.25, 0.3) is 0 Å². The largest absolute Gasteiger partial charge is 0.338 e. The number of rotatable bonds is 6. The van der Waals surface area contributed by atoms with E-state index in [0.717, 1.165) is 25.2 Å². The van der Waals surface area contributed by atoms with Crippen molar-refractivity contribution in [1.82, 2.24) is 9.80 Å². The zero-order valence-electron chi connectivity index (χ0n) is 14.8. The molecule has 4 heteroatoms. The number of nitrogens with two attached hydrogens (primary N) is 1. The molecule has 0 spiro atoms. The number of hydrogen-bond acceptors (Lipinski definition) is 3. The Bertz CT molecular complexity index is 674. The van der Waals surface area contributed by atoms with Crippen LogP contribution < -0.4 is 5.73 Å². The van der Waals surface area contributed by atoms with E-state index in [1.165, 1.54) is 5.56 Å². The molecule has 2 aromatic rings. The lowest BCUT2D eigenvalue weighted by Gasteiger charge is -2.24. The monoisotopic (exact) mass is 337 g/mol. The molecule has 1 aliphatic heterocycles. The van der Waals surface area contributed by atoms with E-state index in [0.29, 0.717) is 19.0 Å². The second-order valence-corrected chi connectivity index (χ2v) is 6.77. The molecule has 1 saturated heterocycles. The van der Waals surface area contributed by atoms with E-state index in [2.05, 4.69) is 41.3 Å². The van der Waals surface area contributed by atoms with Crippen LogP contribution in [0.2, 0.25) is 0 Å². The Morgan fingerprint density at radius 2 is 1.72 bits per heavy atom. The standard InChI is InChI=1S/C21H27N3O/c1-2-24(13-17-9-5-3-6-10-17)21(25)16-23-14-19(20(22)15-23)18-11-7-4-8-12-18/h3-12,19-20H,2,13-16,22H2,1H3/t19-,20+/m0/s1. The van der Waals surface area contributed by atoms with Crippen LogP contribution in [0.4, 0.5) is 0 Å². The maximum Gasteiger partial charge on any atom is 0.237 e. The number of carbonyl (C=O) groups is 1. The summed E-state index contributed by atoms with van der Waals surface area (Å²) in [6, 6.07) is 20.6. The summed E-state index contributed by atoms with van der Waals surface area (Å²) in [5, 5.41) is 0. The third-order valence-corrected chi connectivity index (χ3v) is 4.98. The van der Waals surface area contributed by atoms with Crippen molar-refractivity contribution in [1.29, 1.82) is 0 Å². The van der Waals surface area contributed by atoms with Crippen molar-refractivity contribution in [2.24, 2.45) is 5.73 Å². The highest BCUT2D eigenvalue weighted by atomic mass is 16.2. The van der Waals surface area contributed by atoms with E-state index in [1.807, 2.05) is 36.1 Å². The van der Waals surface area contributed by atoms with Gasteiger partial charge in [-0.1, -0.05) is 60.7 Å². The topological polar surface area (TPSA) is 49.6 Å². The molecule has 0 aromatic heterocycles. The minimum atomic E-state index is 0.0828. The Labute approximate surface area is 150 Å². The number of carbonyl (C=O) groups excluding carboxylic acids is 1. The summed E-state index contributed by atoms with van der Waals surface area (Å²) in [4.78, 5) is 16.8. The fraction of sp³-hybridized carbons (Fsp3) is 0.381. The second kappa shape index (κ2) is 8.28. The van der Waals surface area contributed by atoms with Crippen LogP contribution in [-0.4, -0.2) is 47.9 Å². The zero-order valence-corrected chi connectivity index (χ0v) is 14.8. The van der Waals surface area contributed by atoms with Crippen molar-refractivity contribution in [2.45, 2.75) is 25.4 Å². The SMILES string of the molecule is CCN(Cc1ccccc1)C(=O)CN1C[C@@H](N)[C@H](c2ccccc2)C1. The van der Waals surface area contributed by atoms with Crippen LogP contribution in [0.1, 0.15) is 24.0 Å². The first-order valence-electron chi connectivity index (χ1n) is 9.02. The number of amides is 1. The molecule has 1 heterocycles. The Morgan fingerprint density at radius 3 is 2.36 bits per heavy atom. The lowest BCUT2D eigenvalue weighted by molar-refractivity contribution is -0.132. The first kappa shape index (κ1) is 17.6. The molecular weight excluding hydrogens is 310 g/mol. The number of likely N-dealkylation sites (N-methyl/N-ethyl adjacent to an activating group) is 1. The quantitative estimate of drug-likeness (QED) is 0.881. The molecule has 2 N–H and O–H groups in total. The predicted octanol–water partition coefficient (Wildman–Crippen LogP) is 2.46. The number of likely N-dealkylation sites (tertiary alicyclic amines) is 1. The van der Waals surface area contributed by atoms with Crippen LogP contribution in [0.15, 0.2) is 60.7 Å². The molecule has 3 rings (SSSR count). The summed E-state index contributed by atoms with van der Waals surface area (Å²) < 4.78 is 0. The van der Waals surface area contributed by atoms with E-state index >= 15 is 0 Å². The highest BCUT2D eigenvalue weighted by molar-refractivity contribution is 5.78. The van der Waals surface area contributed by atoms with Crippen molar-refractivity contribution in [3.05, 3.63) is 71.8 Å². The number of hydrogen-bond donors (Lipinski definition) is 1. The molecule has 2 aromatic carbocycles. The lowest BCUT2D eigenvalue weighted by atomic mass is 9.95. The summed E-state index contributed by atoms with van der Waals surface area (Å²) in [5.41, 5.74) is 8.77. The van der Waals surface area contributed by atoms with Gasteiger partial charge in [-0.25, -0.2) is 0 Å². The van der Waals surface area contributed by atoms with Crippen molar-refractivity contribution in [3.8, 4) is 0 Å². The fourth-order valence-corrected chi connectivity index (χ4v) is 3.57. The second-order valence-electron chi connectivity index (χ2n) is 6.77. The van der Waals surface area contributed by atoms with Gasteiger partial charge < -0.3 is 10.6 Å². The van der Waals surface area contributed by atoms with E-state index in [9.17, 15) is 4.79 Å². The van der Waals surface area contributed by atoms with Crippen LogP contribution >= 0.6 is 0 Å². The van der Waals surface area contributed by atoms with Gasteiger partial charge in [-0.15, -0.1) is 0 Å². The summed E-state index contributed by atoms with van der Waals surface area (Å²) in [5.74, 6) is 0.477. The minimum Gasteiger partial charge on any atom is -0.338 e. The summed E-state index contributed by atoms with van der Waals surface area (Å²) in [6.07, 6.45) is 0. The van der Waals surface area contributed by atoms with Crippen LogP contribution in [0.5, 0.6) is 0 Å². The van der Waals surface area contributed by atoms with Crippen molar-refractivity contribution < 1.29 is 4.79 Å². The van der Waals surface area contributed by atoms with Crippen LogP contribution in [0.3, 0.4) is 0 Å². The third kappa shape index (κ3) is 4.47. The van der Waals surface area contributed by atoms with Crippen molar-refractivity contribution in [2.75, 3.05) is 26.2 Å². The minimum absolute atomic E-state index is 0.0828. The van der Waals surface area contributed by atoms with Crippen molar-refractivity contribution >= 4 is 5.91 Å². The predicted molar refractivity (Wildman–Crippen MR) is 101 cm³/mol. The van der Waals surface area contributed by atoms with Crippen molar-refractivity contribution in [3.63, 3.8) is 0 Å². The number of benzene rings is 2. The molecule has 1 amide bonds. The fourth-order valence-electron chi connectivity index (χ4n) is 3.57. The van der Waals surface area contributed by atoms with Gasteiger partial charge in [-0.2, -0.15) is 0 Å². The van der Waals surface area contributed by atoms with Gasteiger partial charge in [0.25, 0.3) is 0 Å². The van der Waals surface area contributed by atoms with Gasteiger partial charge in [-0.05, 0) is 18.1 Å². The molecule has 0 unspecified atom stereocenters. The lowest BCUT2D eigenvalue weighted by Crippen LogP contribution is -2.40. The van der Waals surface area contributed by atoms with Gasteiger partial charge in [0.05, 0.1) is 6.54 Å². The van der Waals surface area contributed by atoms with Gasteiger partial charge in [0.1, 0.15) is 0 Å². The normalized spacial score (nSPS) is 20.6. The molecule has 0 bridgehead atoms. The smallest absolute Gasteiger partial charge is 0.237 e. The van der Waals surface area contributed by atoms with Gasteiger partial charge in [0.2, 0.25) is 5.91 Å². The molecule has 132 valence electrons. The van der Waals surface area contributed by atoms with Gasteiger partial charge in [0, 0.05) is 38.1 Å². The molecule has 4 nitrogen and oxygen atoms in total. The zero-order chi connectivity index (χ0) is 17.6. The Balaban J connectivity index is 1.59. The average Bonchev–Trinajstić information content (AvgIpc) is 3.01. The third-order valence-electron chi connectivity index (χ3n) is 4.98. The van der Waals surface area contributed by atoms with E-state index in [4.69, 9.17) is 5.73 Å². The highest BCUT2D eigenvalue weighted by Gasteiger charge is 2.32.